The molecule has 0 aromatic heterocycles. The molecule has 3 aromatic carbocycles. The zero-order valence-corrected chi connectivity index (χ0v) is 15.5. The SMILES string of the molecule is CC(C)(O)C#Cc1cc(-c2ccc(O)cc2)ccc1Sc1ccccc1. The van der Waals surface area contributed by atoms with Gasteiger partial charge in [0.05, 0.1) is 0 Å². The number of aromatic hydroxyl groups is 1. The molecule has 2 N–H and O–H groups in total. The monoisotopic (exact) mass is 360 g/mol. The molecule has 0 amide bonds. The Labute approximate surface area is 158 Å². The van der Waals surface area contributed by atoms with Crippen LogP contribution in [0.1, 0.15) is 19.4 Å². The van der Waals surface area contributed by atoms with Gasteiger partial charge in [-0.1, -0.05) is 60.0 Å². The van der Waals surface area contributed by atoms with Crippen LogP contribution in [0.4, 0.5) is 0 Å². The molecule has 0 unspecified atom stereocenters. The van der Waals surface area contributed by atoms with E-state index in [4.69, 9.17) is 0 Å². The van der Waals surface area contributed by atoms with Crippen molar-refractivity contribution < 1.29 is 10.2 Å². The molecular weight excluding hydrogens is 340 g/mol. The molecule has 0 saturated carbocycles. The fourth-order valence-electron chi connectivity index (χ4n) is 2.39. The molecular formula is C23H20O2S. The average Bonchev–Trinajstić information content (AvgIpc) is 2.62. The summed E-state index contributed by atoms with van der Waals surface area (Å²) in [7, 11) is 0. The fraction of sp³-hybridized carbons (Fsp3) is 0.130. The van der Waals surface area contributed by atoms with Crippen molar-refractivity contribution in [3.05, 3.63) is 78.4 Å². The molecule has 3 heteroatoms. The van der Waals surface area contributed by atoms with Gasteiger partial charge in [0.25, 0.3) is 0 Å². The van der Waals surface area contributed by atoms with E-state index in [1.807, 2.05) is 48.5 Å². The lowest BCUT2D eigenvalue weighted by Crippen LogP contribution is -2.14. The summed E-state index contributed by atoms with van der Waals surface area (Å²) in [5.74, 6) is 6.27. The van der Waals surface area contributed by atoms with E-state index in [1.165, 1.54) is 0 Å². The Balaban J connectivity index is 2.03. The summed E-state index contributed by atoms with van der Waals surface area (Å²) in [4.78, 5) is 2.17. The molecule has 0 aliphatic rings. The molecule has 0 atom stereocenters. The minimum absolute atomic E-state index is 0.243. The first kappa shape index (κ1) is 18.1. The summed E-state index contributed by atoms with van der Waals surface area (Å²) >= 11 is 1.65. The third-order valence-corrected chi connectivity index (χ3v) is 4.74. The van der Waals surface area contributed by atoms with Crippen molar-refractivity contribution >= 4 is 11.8 Å². The molecule has 0 aliphatic heterocycles. The predicted molar refractivity (Wildman–Crippen MR) is 107 cm³/mol. The largest absolute Gasteiger partial charge is 0.508 e. The molecule has 3 rings (SSSR count). The van der Waals surface area contributed by atoms with E-state index in [1.54, 1.807) is 37.7 Å². The van der Waals surface area contributed by atoms with Gasteiger partial charge in [-0.25, -0.2) is 0 Å². The molecule has 3 aromatic rings. The highest BCUT2D eigenvalue weighted by Crippen LogP contribution is 2.33. The molecule has 0 saturated heterocycles. The molecule has 0 heterocycles. The maximum Gasteiger partial charge on any atom is 0.120 e. The van der Waals surface area contributed by atoms with Crippen molar-refractivity contribution in [1.82, 2.24) is 0 Å². The fourth-order valence-corrected chi connectivity index (χ4v) is 3.29. The van der Waals surface area contributed by atoms with Crippen molar-refractivity contribution in [2.45, 2.75) is 29.2 Å². The van der Waals surface area contributed by atoms with Gasteiger partial charge < -0.3 is 10.2 Å². The molecule has 130 valence electrons. The topological polar surface area (TPSA) is 40.5 Å². The Morgan fingerprint density at radius 2 is 1.50 bits per heavy atom. The quantitative estimate of drug-likeness (QED) is 0.620. The number of aliphatic hydroxyl groups is 1. The highest BCUT2D eigenvalue weighted by Gasteiger charge is 2.09. The molecule has 0 bridgehead atoms. The Morgan fingerprint density at radius 3 is 2.15 bits per heavy atom. The van der Waals surface area contributed by atoms with Gasteiger partial charge in [-0.2, -0.15) is 0 Å². The number of benzene rings is 3. The summed E-state index contributed by atoms with van der Waals surface area (Å²) in [5.41, 5.74) is 1.84. The van der Waals surface area contributed by atoms with Crippen LogP contribution in [0.3, 0.4) is 0 Å². The van der Waals surface area contributed by atoms with E-state index < -0.39 is 5.60 Å². The van der Waals surface area contributed by atoms with E-state index in [0.29, 0.717) is 0 Å². The van der Waals surface area contributed by atoms with Crippen LogP contribution in [0.25, 0.3) is 11.1 Å². The van der Waals surface area contributed by atoms with E-state index in [0.717, 1.165) is 26.5 Å². The van der Waals surface area contributed by atoms with Crippen molar-refractivity contribution in [3.63, 3.8) is 0 Å². The second-order valence-corrected chi connectivity index (χ2v) is 7.60. The van der Waals surface area contributed by atoms with Gasteiger partial charge in [0.2, 0.25) is 0 Å². The standard InChI is InChI=1S/C23H20O2S/c1-23(2,25)15-14-19-16-18(17-8-11-20(24)12-9-17)10-13-22(19)26-21-6-4-3-5-7-21/h3-13,16,24-25H,1-2H3. The summed E-state index contributed by atoms with van der Waals surface area (Å²) in [6, 6.07) is 23.4. The van der Waals surface area contributed by atoms with Crippen LogP contribution >= 0.6 is 11.8 Å². The van der Waals surface area contributed by atoms with Crippen LogP contribution in [0, 0.1) is 11.8 Å². The van der Waals surface area contributed by atoms with Crippen LogP contribution in [0.2, 0.25) is 0 Å². The average molecular weight is 360 g/mol. The first-order valence-corrected chi connectivity index (χ1v) is 9.14. The Bertz CT molecular complexity index is 943. The molecule has 0 aliphatic carbocycles. The number of hydrogen-bond acceptors (Lipinski definition) is 3. The van der Waals surface area contributed by atoms with Gasteiger partial charge in [-0.05, 0) is 61.4 Å². The van der Waals surface area contributed by atoms with Gasteiger partial charge in [0.1, 0.15) is 11.4 Å². The summed E-state index contributed by atoms with van der Waals surface area (Å²) < 4.78 is 0. The van der Waals surface area contributed by atoms with Crippen LogP contribution in [-0.2, 0) is 0 Å². The van der Waals surface area contributed by atoms with Crippen molar-refractivity contribution in [1.29, 1.82) is 0 Å². The van der Waals surface area contributed by atoms with Gasteiger partial charge in [0.15, 0.2) is 0 Å². The van der Waals surface area contributed by atoms with E-state index in [9.17, 15) is 10.2 Å². The van der Waals surface area contributed by atoms with Crippen molar-refractivity contribution in [2.24, 2.45) is 0 Å². The molecule has 0 spiro atoms. The third kappa shape index (κ3) is 4.92. The van der Waals surface area contributed by atoms with E-state index in [2.05, 4.69) is 24.0 Å². The molecule has 0 fully saturated rings. The number of phenolic OH excluding ortho intramolecular Hbond substituents is 1. The van der Waals surface area contributed by atoms with Gasteiger partial charge in [-0.15, -0.1) is 0 Å². The van der Waals surface area contributed by atoms with Crippen molar-refractivity contribution in [2.75, 3.05) is 0 Å². The summed E-state index contributed by atoms with van der Waals surface area (Å²) in [6.45, 7) is 3.35. The lowest BCUT2D eigenvalue weighted by Gasteiger charge is -2.10. The molecule has 26 heavy (non-hydrogen) atoms. The van der Waals surface area contributed by atoms with Crippen molar-refractivity contribution in [3.8, 4) is 28.7 Å². The van der Waals surface area contributed by atoms with E-state index in [-0.39, 0.29) is 5.75 Å². The van der Waals surface area contributed by atoms with Crippen LogP contribution < -0.4 is 0 Å². The Morgan fingerprint density at radius 1 is 0.846 bits per heavy atom. The second-order valence-electron chi connectivity index (χ2n) is 6.48. The first-order valence-electron chi connectivity index (χ1n) is 8.33. The second kappa shape index (κ2) is 7.70. The zero-order valence-electron chi connectivity index (χ0n) is 14.7. The highest BCUT2D eigenvalue weighted by atomic mass is 32.2. The number of rotatable bonds is 3. The smallest absolute Gasteiger partial charge is 0.120 e. The molecule has 0 radical (unpaired) electrons. The normalized spacial score (nSPS) is 10.9. The van der Waals surface area contributed by atoms with E-state index >= 15 is 0 Å². The minimum atomic E-state index is -1.05. The number of hydrogen-bond donors (Lipinski definition) is 2. The lowest BCUT2D eigenvalue weighted by molar-refractivity contribution is 0.143. The third-order valence-electron chi connectivity index (χ3n) is 3.65. The Kier molecular flexibility index (Phi) is 5.37. The van der Waals surface area contributed by atoms with Gasteiger partial charge in [-0.3, -0.25) is 0 Å². The van der Waals surface area contributed by atoms with Crippen LogP contribution in [-0.4, -0.2) is 15.8 Å². The maximum absolute atomic E-state index is 9.97. The first-order chi connectivity index (χ1) is 12.4. The summed E-state index contributed by atoms with van der Waals surface area (Å²) in [5, 5.41) is 19.5. The maximum atomic E-state index is 9.97. The van der Waals surface area contributed by atoms with Crippen LogP contribution in [0.5, 0.6) is 5.75 Å². The number of phenols is 1. The molecule has 2 nitrogen and oxygen atoms in total. The highest BCUT2D eigenvalue weighted by molar-refractivity contribution is 7.99. The Hall–Kier alpha value is -2.67. The summed E-state index contributed by atoms with van der Waals surface area (Å²) in [6.07, 6.45) is 0. The van der Waals surface area contributed by atoms with Gasteiger partial charge in [0, 0.05) is 15.4 Å². The minimum Gasteiger partial charge on any atom is -0.508 e. The predicted octanol–water partition coefficient (Wildman–Crippen LogP) is 5.33. The lowest BCUT2D eigenvalue weighted by atomic mass is 10.0. The van der Waals surface area contributed by atoms with Crippen LogP contribution in [0.15, 0.2) is 82.6 Å². The van der Waals surface area contributed by atoms with Gasteiger partial charge >= 0.3 is 0 Å². The zero-order chi connectivity index (χ0) is 18.6.